The number of unbranched alkanes of at least 4 members (excludes halogenated alkanes) is 1. The lowest BCUT2D eigenvalue weighted by Gasteiger charge is -2.22. The molecule has 2 nitrogen and oxygen atoms in total. The fourth-order valence-corrected chi connectivity index (χ4v) is 0.907. The van der Waals surface area contributed by atoms with E-state index in [4.69, 9.17) is 10.5 Å². The molecule has 0 saturated carbocycles. The molecule has 0 amide bonds. The van der Waals surface area contributed by atoms with Gasteiger partial charge in [-0.1, -0.05) is 19.8 Å². The van der Waals surface area contributed by atoms with Crippen LogP contribution < -0.4 is 5.73 Å². The van der Waals surface area contributed by atoms with Gasteiger partial charge in [0.2, 0.25) is 0 Å². The van der Waals surface area contributed by atoms with Gasteiger partial charge >= 0.3 is 0 Å². The second-order valence-electron chi connectivity index (χ2n) is 4.33. The van der Waals surface area contributed by atoms with Gasteiger partial charge in [0.25, 0.3) is 0 Å². The van der Waals surface area contributed by atoms with Crippen LogP contribution in [0.4, 0.5) is 0 Å². The summed E-state index contributed by atoms with van der Waals surface area (Å²) in [6, 6.07) is 0.212. The van der Waals surface area contributed by atoms with Crippen LogP contribution in [-0.4, -0.2) is 18.2 Å². The third-order valence-corrected chi connectivity index (χ3v) is 1.66. The lowest BCUT2D eigenvalue weighted by molar-refractivity contribution is -0.0109. The minimum absolute atomic E-state index is 0.0518. The van der Waals surface area contributed by atoms with Gasteiger partial charge in [-0.2, -0.15) is 0 Å². The molecule has 1 atom stereocenters. The summed E-state index contributed by atoms with van der Waals surface area (Å²) in [6.45, 7) is 9.03. The highest BCUT2D eigenvalue weighted by Gasteiger charge is 2.12. The lowest BCUT2D eigenvalue weighted by atomic mass is 10.1. The van der Waals surface area contributed by atoms with E-state index in [1.165, 1.54) is 12.8 Å². The predicted molar refractivity (Wildman–Crippen MR) is 53.2 cm³/mol. The van der Waals surface area contributed by atoms with Crippen molar-refractivity contribution in [1.82, 2.24) is 0 Å². The zero-order chi connectivity index (χ0) is 9.61. The van der Waals surface area contributed by atoms with Crippen LogP contribution in [0.25, 0.3) is 0 Å². The third-order valence-electron chi connectivity index (χ3n) is 1.66. The average Bonchev–Trinajstić information content (AvgIpc) is 1.95. The van der Waals surface area contributed by atoms with Gasteiger partial charge in [-0.25, -0.2) is 0 Å². The van der Waals surface area contributed by atoms with Crippen molar-refractivity contribution in [2.75, 3.05) is 6.61 Å². The fourth-order valence-electron chi connectivity index (χ4n) is 0.907. The Morgan fingerprint density at radius 3 is 2.33 bits per heavy atom. The fraction of sp³-hybridized carbons (Fsp3) is 1.00. The molecule has 0 fully saturated rings. The molecular weight excluding hydrogens is 150 g/mol. The predicted octanol–water partition coefficient (Wildman–Crippen LogP) is 2.32. The number of hydrogen-bond acceptors (Lipinski definition) is 2. The summed E-state index contributed by atoms with van der Waals surface area (Å²) in [5.41, 5.74) is 5.79. The van der Waals surface area contributed by atoms with E-state index < -0.39 is 0 Å². The highest BCUT2D eigenvalue weighted by Crippen LogP contribution is 2.08. The average molecular weight is 173 g/mol. The molecule has 0 aliphatic heterocycles. The van der Waals surface area contributed by atoms with E-state index in [1.807, 2.05) is 0 Å². The first-order valence-corrected chi connectivity index (χ1v) is 4.85. The van der Waals surface area contributed by atoms with Crippen molar-refractivity contribution >= 4 is 0 Å². The molecule has 0 aromatic heterocycles. The second kappa shape index (κ2) is 5.55. The van der Waals surface area contributed by atoms with Crippen LogP contribution in [0.1, 0.15) is 47.0 Å². The Kier molecular flexibility index (Phi) is 5.51. The molecule has 1 unspecified atom stereocenters. The lowest BCUT2D eigenvalue weighted by Crippen LogP contribution is -2.31. The van der Waals surface area contributed by atoms with Crippen LogP contribution >= 0.6 is 0 Å². The van der Waals surface area contributed by atoms with Gasteiger partial charge in [0.15, 0.2) is 0 Å². The SMILES string of the molecule is CCCCC(N)COC(C)(C)C. The van der Waals surface area contributed by atoms with Crippen molar-refractivity contribution in [3.05, 3.63) is 0 Å². The minimum Gasteiger partial charge on any atom is -0.374 e. The number of hydrogen-bond donors (Lipinski definition) is 1. The van der Waals surface area contributed by atoms with Gasteiger partial charge in [-0.3, -0.25) is 0 Å². The standard InChI is InChI=1S/C10H23NO/c1-5-6-7-9(11)8-12-10(2,3)4/h9H,5-8,11H2,1-4H3. The largest absolute Gasteiger partial charge is 0.374 e. The normalized spacial score (nSPS) is 14.8. The molecule has 0 radical (unpaired) electrons. The molecule has 0 saturated heterocycles. The summed E-state index contributed by atoms with van der Waals surface area (Å²) in [4.78, 5) is 0. The zero-order valence-corrected chi connectivity index (χ0v) is 8.89. The molecule has 2 heteroatoms. The maximum atomic E-state index is 5.84. The molecule has 0 aliphatic carbocycles. The van der Waals surface area contributed by atoms with Gasteiger partial charge < -0.3 is 10.5 Å². The zero-order valence-electron chi connectivity index (χ0n) is 8.89. The molecule has 0 spiro atoms. The van der Waals surface area contributed by atoms with Crippen LogP contribution in [0.15, 0.2) is 0 Å². The van der Waals surface area contributed by atoms with E-state index in [-0.39, 0.29) is 11.6 Å². The summed E-state index contributed by atoms with van der Waals surface area (Å²) < 4.78 is 5.56. The number of rotatable bonds is 5. The van der Waals surface area contributed by atoms with Crippen molar-refractivity contribution in [3.63, 3.8) is 0 Å². The summed E-state index contributed by atoms with van der Waals surface area (Å²) in [5.74, 6) is 0. The van der Waals surface area contributed by atoms with E-state index in [0.717, 1.165) is 6.42 Å². The Morgan fingerprint density at radius 1 is 1.33 bits per heavy atom. The van der Waals surface area contributed by atoms with Crippen LogP contribution in [0.2, 0.25) is 0 Å². The summed E-state index contributed by atoms with van der Waals surface area (Å²) in [7, 11) is 0. The first-order chi connectivity index (χ1) is 5.45. The Morgan fingerprint density at radius 2 is 1.92 bits per heavy atom. The van der Waals surface area contributed by atoms with Crippen molar-refractivity contribution in [2.24, 2.45) is 5.73 Å². The topological polar surface area (TPSA) is 35.2 Å². The van der Waals surface area contributed by atoms with E-state index in [2.05, 4.69) is 27.7 Å². The molecule has 0 aliphatic rings. The molecule has 2 N–H and O–H groups in total. The quantitative estimate of drug-likeness (QED) is 0.692. The van der Waals surface area contributed by atoms with E-state index in [9.17, 15) is 0 Å². The van der Waals surface area contributed by atoms with Crippen LogP contribution in [0.3, 0.4) is 0 Å². The Hall–Kier alpha value is -0.0800. The van der Waals surface area contributed by atoms with Crippen LogP contribution in [0.5, 0.6) is 0 Å². The summed E-state index contributed by atoms with van der Waals surface area (Å²) in [6.07, 6.45) is 3.49. The van der Waals surface area contributed by atoms with Crippen molar-refractivity contribution in [2.45, 2.75) is 58.6 Å². The summed E-state index contributed by atoms with van der Waals surface area (Å²) >= 11 is 0. The first kappa shape index (κ1) is 11.9. The Balaban J connectivity index is 3.37. The molecule has 12 heavy (non-hydrogen) atoms. The van der Waals surface area contributed by atoms with Crippen molar-refractivity contribution in [3.8, 4) is 0 Å². The molecule has 0 bridgehead atoms. The van der Waals surface area contributed by atoms with Gasteiger partial charge in [-0.05, 0) is 27.2 Å². The summed E-state index contributed by atoms with van der Waals surface area (Å²) in [5, 5.41) is 0. The molecule has 0 aromatic rings. The van der Waals surface area contributed by atoms with Gasteiger partial charge in [0.05, 0.1) is 12.2 Å². The maximum absolute atomic E-state index is 5.84. The molecular formula is C10H23NO. The highest BCUT2D eigenvalue weighted by molar-refractivity contribution is 4.64. The van der Waals surface area contributed by atoms with Crippen LogP contribution in [0, 0.1) is 0 Å². The minimum atomic E-state index is -0.0518. The molecule has 74 valence electrons. The van der Waals surface area contributed by atoms with Crippen molar-refractivity contribution in [1.29, 1.82) is 0 Å². The van der Waals surface area contributed by atoms with E-state index >= 15 is 0 Å². The highest BCUT2D eigenvalue weighted by atomic mass is 16.5. The van der Waals surface area contributed by atoms with Crippen molar-refractivity contribution < 1.29 is 4.74 Å². The van der Waals surface area contributed by atoms with Crippen LogP contribution in [-0.2, 0) is 4.74 Å². The molecule has 0 heterocycles. The van der Waals surface area contributed by atoms with Gasteiger partial charge in [-0.15, -0.1) is 0 Å². The second-order valence-corrected chi connectivity index (χ2v) is 4.33. The smallest absolute Gasteiger partial charge is 0.0624 e. The van der Waals surface area contributed by atoms with E-state index in [0.29, 0.717) is 6.61 Å². The monoisotopic (exact) mass is 173 g/mol. The molecule has 0 aromatic carbocycles. The number of nitrogens with two attached hydrogens (primary N) is 1. The Labute approximate surface area is 76.5 Å². The Bertz CT molecular complexity index is 107. The maximum Gasteiger partial charge on any atom is 0.0624 e. The van der Waals surface area contributed by atoms with Gasteiger partial charge in [0, 0.05) is 6.04 Å². The number of ether oxygens (including phenoxy) is 1. The first-order valence-electron chi connectivity index (χ1n) is 4.85. The molecule has 0 rings (SSSR count). The van der Waals surface area contributed by atoms with Gasteiger partial charge in [0.1, 0.15) is 0 Å². The third kappa shape index (κ3) is 8.02. The van der Waals surface area contributed by atoms with E-state index in [1.54, 1.807) is 0 Å².